The Balaban J connectivity index is 1.74. The molecule has 2 bridgehead atoms. The van der Waals surface area contributed by atoms with E-state index in [0.717, 1.165) is 29.9 Å². The number of nitrogens with two attached hydrogens (primary N) is 1. The van der Waals surface area contributed by atoms with E-state index in [2.05, 4.69) is 19.1 Å². The maximum Gasteiger partial charge on any atom is 0.119 e. The third-order valence-electron chi connectivity index (χ3n) is 5.30. The first kappa shape index (κ1) is 13.0. The van der Waals surface area contributed by atoms with E-state index in [1.54, 1.807) is 7.11 Å². The third kappa shape index (κ3) is 2.51. The van der Waals surface area contributed by atoms with Crippen LogP contribution in [0.25, 0.3) is 0 Å². The van der Waals surface area contributed by atoms with E-state index in [1.807, 2.05) is 12.1 Å². The lowest BCUT2D eigenvalue weighted by Gasteiger charge is -2.32. The molecule has 0 amide bonds. The largest absolute Gasteiger partial charge is 0.497 e. The predicted molar refractivity (Wildman–Crippen MR) is 78.1 cm³/mol. The van der Waals surface area contributed by atoms with Crippen molar-refractivity contribution >= 4 is 0 Å². The van der Waals surface area contributed by atoms with Crippen molar-refractivity contribution in [2.75, 3.05) is 7.11 Å². The molecular weight excluding hydrogens is 234 g/mol. The SMILES string of the molecule is COc1cccc(C(C)(N)CC2CC3CCC2C3)c1. The van der Waals surface area contributed by atoms with E-state index >= 15 is 0 Å². The summed E-state index contributed by atoms with van der Waals surface area (Å²) in [6.45, 7) is 2.17. The van der Waals surface area contributed by atoms with Crippen molar-refractivity contribution in [1.82, 2.24) is 0 Å². The number of benzene rings is 1. The Bertz CT molecular complexity index is 454. The van der Waals surface area contributed by atoms with Gasteiger partial charge in [0.25, 0.3) is 0 Å². The summed E-state index contributed by atoms with van der Waals surface area (Å²) in [5, 5.41) is 0. The summed E-state index contributed by atoms with van der Waals surface area (Å²) >= 11 is 0. The summed E-state index contributed by atoms with van der Waals surface area (Å²) in [6.07, 6.45) is 6.87. The number of methoxy groups -OCH3 is 1. The van der Waals surface area contributed by atoms with Crippen LogP contribution in [0.15, 0.2) is 24.3 Å². The van der Waals surface area contributed by atoms with Gasteiger partial charge in [-0.1, -0.05) is 18.6 Å². The molecule has 4 unspecified atom stereocenters. The van der Waals surface area contributed by atoms with Crippen LogP contribution >= 0.6 is 0 Å². The van der Waals surface area contributed by atoms with E-state index in [-0.39, 0.29) is 5.54 Å². The predicted octanol–water partition coefficient (Wildman–Crippen LogP) is 3.70. The number of hydrogen-bond acceptors (Lipinski definition) is 2. The van der Waals surface area contributed by atoms with Crippen molar-refractivity contribution in [3.05, 3.63) is 29.8 Å². The Morgan fingerprint density at radius 2 is 2.16 bits per heavy atom. The minimum absolute atomic E-state index is 0.232. The molecule has 2 N–H and O–H groups in total. The zero-order valence-corrected chi connectivity index (χ0v) is 12.1. The Labute approximate surface area is 116 Å². The molecule has 1 aromatic rings. The van der Waals surface area contributed by atoms with Gasteiger partial charge < -0.3 is 10.5 Å². The average Bonchev–Trinajstić information content (AvgIpc) is 3.00. The van der Waals surface area contributed by atoms with Crippen LogP contribution < -0.4 is 10.5 Å². The summed E-state index contributed by atoms with van der Waals surface area (Å²) in [5.41, 5.74) is 7.59. The van der Waals surface area contributed by atoms with Gasteiger partial charge >= 0.3 is 0 Å². The van der Waals surface area contributed by atoms with Crippen LogP contribution in [0.2, 0.25) is 0 Å². The maximum absolute atomic E-state index is 6.62. The van der Waals surface area contributed by atoms with Crippen molar-refractivity contribution in [3.63, 3.8) is 0 Å². The van der Waals surface area contributed by atoms with Gasteiger partial charge in [-0.3, -0.25) is 0 Å². The lowest BCUT2D eigenvalue weighted by atomic mass is 9.77. The van der Waals surface area contributed by atoms with Gasteiger partial charge in [0.1, 0.15) is 5.75 Å². The third-order valence-corrected chi connectivity index (χ3v) is 5.30. The standard InChI is InChI=1S/C17H25NO/c1-17(18,15-4-3-5-16(10-15)19-2)11-14-9-12-6-7-13(14)8-12/h3-5,10,12-14H,6-9,11,18H2,1-2H3. The van der Waals surface area contributed by atoms with E-state index in [4.69, 9.17) is 10.5 Å². The van der Waals surface area contributed by atoms with Crippen LogP contribution in [-0.4, -0.2) is 7.11 Å². The molecule has 4 atom stereocenters. The summed E-state index contributed by atoms with van der Waals surface area (Å²) in [7, 11) is 1.71. The van der Waals surface area contributed by atoms with Crippen LogP contribution in [0, 0.1) is 17.8 Å². The molecule has 2 saturated carbocycles. The van der Waals surface area contributed by atoms with Crippen LogP contribution in [0.1, 0.15) is 44.6 Å². The minimum atomic E-state index is -0.232. The molecule has 3 rings (SSSR count). The molecule has 1 aromatic carbocycles. The maximum atomic E-state index is 6.62. The van der Waals surface area contributed by atoms with Crippen LogP contribution in [0.3, 0.4) is 0 Å². The molecule has 0 aliphatic heterocycles. The molecule has 19 heavy (non-hydrogen) atoms. The summed E-state index contributed by atoms with van der Waals surface area (Å²) in [6, 6.07) is 8.25. The second-order valence-corrected chi connectivity index (χ2v) is 6.79. The van der Waals surface area contributed by atoms with Gasteiger partial charge in [-0.2, -0.15) is 0 Å². The fourth-order valence-corrected chi connectivity index (χ4v) is 4.27. The molecule has 0 saturated heterocycles. The topological polar surface area (TPSA) is 35.2 Å². The first-order valence-electron chi connectivity index (χ1n) is 7.52. The van der Waals surface area contributed by atoms with Gasteiger partial charge in [-0.05, 0) is 68.1 Å². The summed E-state index contributed by atoms with van der Waals surface area (Å²) in [4.78, 5) is 0. The number of hydrogen-bond donors (Lipinski definition) is 1. The molecular formula is C17H25NO. The highest BCUT2D eigenvalue weighted by atomic mass is 16.5. The van der Waals surface area contributed by atoms with Gasteiger partial charge in [0.05, 0.1) is 7.11 Å². The molecule has 0 heterocycles. The molecule has 2 aliphatic rings. The second kappa shape index (κ2) is 4.82. The Kier molecular flexibility index (Phi) is 3.30. The molecule has 2 nitrogen and oxygen atoms in total. The van der Waals surface area contributed by atoms with Crippen LogP contribution in [-0.2, 0) is 5.54 Å². The van der Waals surface area contributed by atoms with Gasteiger partial charge in [-0.25, -0.2) is 0 Å². The summed E-state index contributed by atoms with van der Waals surface area (Å²) in [5.74, 6) is 3.68. The zero-order valence-electron chi connectivity index (χ0n) is 12.1. The lowest BCUT2D eigenvalue weighted by Crippen LogP contribution is -2.36. The van der Waals surface area contributed by atoms with E-state index in [0.29, 0.717) is 0 Å². The molecule has 0 radical (unpaired) electrons. The van der Waals surface area contributed by atoms with Gasteiger partial charge in [-0.15, -0.1) is 0 Å². The highest BCUT2D eigenvalue weighted by molar-refractivity contribution is 5.32. The normalized spacial score (nSPS) is 32.3. The number of fused-ring (bicyclic) bond motifs is 2. The quantitative estimate of drug-likeness (QED) is 0.895. The molecule has 0 aromatic heterocycles. The number of ether oxygens (including phenoxy) is 1. The highest BCUT2D eigenvalue weighted by Crippen LogP contribution is 2.51. The first-order valence-corrected chi connectivity index (χ1v) is 7.52. The number of rotatable bonds is 4. The van der Waals surface area contributed by atoms with E-state index in [1.165, 1.54) is 31.2 Å². The van der Waals surface area contributed by atoms with E-state index in [9.17, 15) is 0 Å². The minimum Gasteiger partial charge on any atom is -0.497 e. The zero-order chi connectivity index (χ0) is 13.5. The fraction of sp³-hybridized carbons (Fsp3) is 0.647. The molecule has 104 valence electrons. The lowest BCUT2D eigenvalue weighted by molar-refractivity contribution is 0.253. The molecule has 2 aliphatic carbocycles. The van der Waals surface area contributed by atoms with Crippen LogP contribution in [0.5, 0.6) is 5.75 Å². The monoisotopic (exact) mass is 259 g/mol. The first-order chi connectivity index (χ1) is 9.08. The second-order valence-electron chi connectivity index (χ2n) is 6.79. The van der Waals surface area contributed by atoms with Gasteiger partial charge in [0.2, 0.25) is 0 Å². The van der Waals surface area contributed by atoms with Crippen LogP contribution in [0.4, 0.5) is 0 Å². The smallest absolute Gasteiger partial charge is 0.119 e. The average molecular weight is 259 g/mol. The van der Waals surface area contributed by atoms with Gasteiger partial charge in [0, 0.05) is 5.54 Å². The molecule has 0 spiro atoms. The molecule has 2 fully saturated rings. The van der Waals surface area contributed by atoms with Crippen molar-refractivity contribution < 1.29 is 4.74 Å². The highest BCUT2D eigenvalue weighted by Gasteiger charge is 2.41. The van der Waals surface area contributed by atoms with Gasteiger partial charge in [0.15, 0.2) is 0 Å². The Hall–Kier alpha value is -1.02. The fourth-order valence-electron chi connectivity index (χ4n) is 4.27. The van der Waals surface area contributed by atoms with Crippen molar-refractivity contribution in [2.45, 2.75) is 44.6 Å². The Morgan fingerprint density at radius 1 is 1.32 bits per heavy atom. The van der Waals surface area contributed by atoms with Crippen molar-refractivity contribution in [2.24, 2.45) is 23.5 Å². The van der Waals surface area contributed by atoms with E-state index < -0.39 is 0 Å². The van der Waals surface area contributed by atoms with Crippen molar-refractivity contribution in [1.29, 1.82) is 0 Å². The van der Waals surface area contributed by atoms with Crippen molar-refractivity contribution in [3.8, 4) is 5.75 Å². The summed E-state index contributed by atoms with van der Waals surface area (Å²) < 4.78 is 5.31. The Morgan fingerprint density at radius 3 is 2.79 bits per heavy atom. The molecule has 2 heteroatoms.